The van der Waals surface area contributed by atoms with Crippen molar-refractivity contribution >= 4 is 29.7 Å². The number of nitrogens with one attached hydrogen (secondary N) is 2. The molecule has 10 nitrogen and oxygen atoms in total. The summed E-state index contributed by atoms with van der Waals surface area (Å²) < 4.78 is 22.9. The van der Waals surface area contributed by atoms with Gasteiger partial charge in [-0.25, -0.2) is 4.39 Å². The lowest BCUT2D eigenvalue weighted by Crippen LogP contribution is -2.57. The Labute approximate surface area is 185 Å². The lowest BCUT2D eigenvalue weighted by Gasteiger charge is -2.26. The first-order valence-electron chi connectivity index (χ1n) is 10.0. The fourth-order valence-corrected chi connectivity index (χ4v) is 2.92. The van der Waals surface area contributed by atoms with Gasteiger partial charge in [0, 0.05) is 13.3 Å². The number of halogens is 1. The average molecular weight is 453 g/mol. The van der Waals surface area contributed by atoms with E-state index in [0.29, 0.717) is 5.56 Å². The zero-order valence-corrected chi connectivity index (χ0v) is 18.2. The number of ether oxygens (including phenoxy) is 2. The summed E-state index contributed by atoms with van der Waals surface area (Å²) in [5.41, 5.74) is 5.93. The molecule has 0 aliphatic rings. The van der Waals surface area contributed by atoms with Gasteiger partial charge in [0.25, 0.3) is 0 Å². The van der Waals surface area contributed by atoms with E-state index in [4.69, 9.17) is 15.2 Å². The van der Waals surface area contributed by atoms with E-state index in [-0.39, 0.29) is 19.6 Å². The van der Waals surface area contributed by atoms with E-state index in [2.05, 4.69) is 10.6 Å². The largest absolute Gasteiger partial charge is 0.466 e. The van der Waals surface area contributed by atoms with Crippen molar-refractivity contribution in [3.63, 3.8) is 0 Å². The van der Waals surface area contributed by atoms with Crippen molar-refractivity contribution in [1.29, 1.82) is 0 Å². The van der Waals surface area contributed by atoms with Gasteiger partial charge in [0.15, 0.2) is 0 Å². The summed E-state index contributed by atoms with van der Waals surface area (Å²) in [6.45, 7) is 4.31. The molecule has 32 heavy (non-hydrogen) atoms. The number of hydrogen-bond donors (Lipinski definition) is 3. The zero-order chi connectivity index (χ0) is 24.3. The molecule has 0 heterocycles. The monoisotopic (exact) mass is 453 g/mol. The maximum atomic E-state index is 13.2. The molecule has 0 aliphatic heterocycles. The van der Waals surface area contributed by atoms with Crippen LogP contribution in [0.25, 0.3) is 0 Å². The van der Waals surface area contributed by atoms with Crippen LogP contribution in [0.5, 0.6) is 0 Å². The summed E-state index contributed by atoms with van der Waals surface area (Å²) in [7, 11) is 0. The number of benzene rings is 1. The van der Waals surface area contributed by atoms with Gasteiger partial charge in [-0.3, -0.25) is 24.0 Å². The van der Waals surface area contributed by atoms with Crippen molar-refractivity contribution in [2.45, 2.75) is 45.7 Å². The van der Waals surface area contributed by atoms with Crippen LogP contribution in [0, 0.1) is 11.7 Å². The first-order valence-corrected chi connectivity index (χ1v) is 10.0. The van der Waals surface area contributed by atoms with Crippen LogP contribution in [-0.4, -0.2) is 55.0 Å². The highest BCUT2D eigenvalue weighted by atomic mass is 19.1. The molecule has 0 aliphatic carbocycles. The molecule has 0 aromatic heterocycles. The van der Waals surface area contributed by atoms with E-state index in [1.807, 2.05) is 0 Å². The SMILES string of the molecule is CCOC(=O)C[C@@H](C(=O)OCC)[C@@H](NC(=O)[C@@H](Cc1ccc(F)cc1)NC(C)=O)C(N)=O. The first-order chi connectivity index (χ1) is 15.1. The van der Waals surface area contributed by atoms with Crippen LogP contribution in [-0.2, 0) is 39.9 Å². The predicted molar refractivity (Wildman–Crippen MR) is 110 cm³/mol. The van der Waals surface area contributed by atoms with Crippen molar-refractivity contribution in [2.24, 2.45) is 11.7 Å². The highest BCUT2D eigenvalue weighted by Crippen LogP contribution is 2.15. The Morgan fingerprint density at radius 1 is 1.00 bits per heavy atom. The Morgan fingerprint density at radius 2 is 1.59 bits per heavy atom. The Morgan fingerprint density at radius 3 is 2.09 bits per heavy atom. The minimum Gasteiger partial charge on any atom is -0.466 e. The van der Waals surface area contributed by atoms with Gasteiger partial charge in [-0.1, -0.05) is 12.1 Å². The third-order valence-corrected chi connectivity index (χ3v) is 4.33. The fourth-order valence-electron chi connectivity index (χ4n) is 2.92. The van der Waals surface area contributed by atoms with Crippen molar-refractivity contribution < 1.29 is 37.8 Å². The normalized spacial score (nSPS) is 13.2. The maximum Gasteiger partial charge on any atom is 0.312 e. The Hall–Kier alpha value is -3.50. The minimum absolute atomic E-state index is 0.0286. The molecule has 1 rings (SSSR count). The summed E-state index contributed by atoms with van der Waals surface area (Å²) in [6, 6.07) is 2.50. The highest BCUT2D eigenvalue weighted by molar-refractivity contribution is 5.95. The van der Waals surface area contributed by atoms with Gasteiger partial charge in [-0.2, -0.15) is 0 Å². The number of primary amides is 1. The topological polar surface area (TPSA) is 154 Å². The van der Waals surface area contributed by atoms with Crippen LogP contribution in [0.2, 0.25) is 0 Å². The molecule has 0 spiro atoms. The van der Waals surface area contributed by atoms with Crippen LogP contribution in [0.15, 0.2) is 24.3 Å². The van der Waals surface area contributed by atoms with E-state index >= 15 is 0 Å². The molecule has 176 valence electrons. The molecule has 0 saturated carbocycles. The molecule has 0 radical (unpaired) electrons. The lowest BCUT2D eigenvalue weighted by atomic mass is 9.94. The number of esters is 2. The molecule has 1 aromatic rings. The molecule has 0 bridgehead atoms. The molecular formula is C21H28FN3O7. The van der Waals surface area contributed by atoms with Gasteiger partial charge in [-0.05, 0) is 31.5 Å². The summed E-state index contributed by atoms with van der Waals surface area (Å²) in [5, 5.41) is 4.77. The van der Waals surface area contributed by atoms with Crippen molar-refractivity contribution in [1.82, 2.24) is 10.6 Å². The van der Waals surface area contributed by atoms with E-state index < -0.39 is 59.9 Å². The minimum atomic E-state index is -1.60. The van der Waals surface area contributed by atoms with Crippen LogP contribution < -0.4 is 16.4 Å². The second-order valence-corrected chi connectivity index (χ2v) is 6.84. The Kier molecular flexibility index (Phi) is 10.8. The number of amides is 3. The second-order valence-electron chi connectivity index (χ2n) is 6.84. The maximum absolute atomic E-state index is 13.2. The van der Waals surface area contributed by atoms with E-state index in [9.17, 15) is 28.4 Å². The van der Waals surface area contributed by atoms with Crippen LogP contribution in [0.1, 0.15) is 32.8 Å². The molecule has 4 N–H and O–H groups in total. The molecule has 3 amide bonds. The first kappa shape index (κ1) is 26.5. The molecule has 3 atom stereocenters. The summed E-state index contributed by atoms with van der Waals surface area (Å²) in [5.74, 6) is -6.04. The molecule has 0 fully saturated rings. The molecule has 0 saturated heterocycles. The molecule has 11 heteroatoms. The fraction of sp³-hybridized carbons (Fsp3) is 0.476. The van der Waals surface area contributed by atoms with Gasteiger partial charge in [0.1, 0.15) is 17.9 Å². The number of hydrogen-bond acceptors (Lipinski definition) is 7. The van der Waals surface area contributed by atoms with Crippen LogP contribution in [0.4, 0.5) is 4.39 Å². The smallest absolute Gasteiger partial charge is 0.312 e. The van der Waals surface area contributed by atoms with Crippen LogP contribution in [0.3, 0.4) is 0 Å². The molecule has 0 unspecified atom stereocenters. The zero-order valence-electron chi connectivity index (χ0n) is 18.2. The van der Waals surface area contributed by atoms with Gasteiger partial charge in [0.2, 0.25) is 17.7 Å². The summed E-state index contributed by atoms with van der Waals surface area (Å²) in [6.07, 6.45) is -0.581. The third kappa shape index (κ3) is 8.70. The lowest BCUT2D eigenvalue weighted by molar-refractivity contribution is -0.157. The Balaban J connectivity index is 3.13. The third-order valence-electron chi connectivity index (χ3n) is 4.33. The van der Waals surface area contributed by atoms with E-state index in [1.54, 1.807) is 6.92 Å². The molecular weight excluding hydrogens is 425 g/mol. The summed E-state index contributed by atoms with van der Waals surface area (Å²) in [4.78, 5) is 60.9. The number of carbonyl (C=O) groups excluding carboxylic acids is 5. The van der Waals surface area contributed by atoms with Gasteiger partial charge < -0.3 is 25.8 Å². The van der Waals surface area contributed by atoms with E-state index in [0.717, 1.165) is 0 Å². The quantitative estimate of drug-likeness (QED) is 0.376. The molecule has 1 aromatic carbocycles. The van der Waals surface area contributed by atoms with Crippen molar-refractivity contribution in [3.05, 3.63) is 35.6 Å². The predicted octanol–water partition coefficient (Wildman–Crippen LogP) is -0.0245. The number of carbonyl (C=O) groups is 5. The number of nitrogens with two attached hydrogens (primary N) is 1. The van der Waals surface area contributed by atoms with Gasteiger partial charge >= 0.3 is 11.9 Å². The van der Waals surface area contributed by atoms with Crippen molar-refractivity contribution in [3.8, 4) is 0 Å². The van der Waals surface area contributed by atoms with Gasteiger partial charge in [0.05, 0.1) is 25.6 Å². The van der Waals surface area contributed by atoms with Crippen molar-refractivity contribution in [2.75, 3.05) is 13.2 Å². The van der Waals surface area contributed by atoms with E-state index in [1.165, 1.54) is 38.1 Å². The Bertz CT molecular complexity index is 829. The number of rotatable bonds is 12. The average Bonchev–Trinajstić information content (AvgIpc) is 2.71. The van der Waals surface area contributed by atoms with Gasteiger partial charge in [-0.15, -0.1) is 0 Å². The highest BCUT2D eigenvalue weighted by Gasteiger charge is 2.38. The van der Waals surface area contributed by atoms with Crippen LogP contribution >= 0.6 is 0 Å². The summed E-state index contributed by atoms with van der Waals surface area (Å²) >= 11 is 0. The second kappa shape index (κ2) is 13.0. The standard InChI is InChI=1S/C21H28FN3O7/c1-4-31-17(27)11-15(21(30)32-5-2)18(19(23)28)25-20(29)16(24-12(3)26)10-13-6-8-14(22)9-7-13/h6-9,15-16,18H,4-5,10-11H2,1-3H3,(H2,23,28)(H,24,26)(H,25,29)/t15-,16-,18-/m1/s1.